The standard InChI is InChI=1S/C19H19ClS/c1-14-6-8-15(9-7-14)10-16(12-20)11-17-13-21-19-5-3-2-4-18(17)19/h2-9,13,16H,10-12H2,1H3. The summed E-state index contributed by atoms with van der Waals surface area (Å²) in [6.07, 6.45) is 2.11. The minimum absolute atomic E-state index is 0.493. The molecule has 1 heterocycles. The maximum Gasteiger partial charge on any atom is 0.0345 e. The highest BCUT2D eigenvalue weighted by molar-refractivity contribution is 7.17. The number of benzene rings is 2. The molecule has 1 unspecified atom stereocenters. The first-order chi connectivity index (χ1) is 10.3. The summed E-state index contributed by atoms with van der Waals surface area (Å²) in [5.74, 6) is 1.20. The summed E-state index contributed by atoms with van der Waals surface area (Å²) in [7, 11) is 0. The van der Waals surface area contributed by atoms with Gasteiger partial charge in [-0.2, -0.15) is 0 Å². The van der Waals surface area contributed by atoms with E-state index in [0.29, 0.717) is 11.8 Å². The van der Waals surface area contributed by atoms with Gasteiger partial charge in [-0.3, -0.25) is 0 Å². The monoisotopic (exact) mass is 314 g/mol. The van der Waals surface area contributed by atoms with Gasteiger partial charge in [-0.15, -0.1) is 22.9 Å². The zero-order valence-electron chi connectivity index (χ0n) is 12.2. The van der Waals surface area contributed by atoms with Gasteiger partial charge in [-0.25, -0.2) is 0 Å². The topological polar surface area (TPSA) is 0 Å². The number of hydrogen-bond donors (Lipinski definition) is 0. The number of alkyl halides is 1. The molecular formula is C19H19ClS. The van der Waals surface area contributed by atoms with E-state index in [2.05, 4.69) is 60.8 Å². The second kappa shape index (κ2) is 6.64. The van der Waals surface area contributed by atoms with Crippen LogP contribution < -0.4 is 0 Å². The van der Waals surface area contributed by atoms with Crippen LogP contribution in [0.1, 0.15) is 16.7 Å². The Bertz CT molecular complexity index is 712. The summed E-state index contributed by atoms with van der Waals surface area (Å²) in [5.41, 5.74) is 4.13. The highest BCUT2D eigenvalue weighted by Crippen LogP contribution is 2.28. The molecular weight excluding hydrogens is 296 g/mol. The number of rotatable bonds is 5. The first-order valence-electron chi connectivity index (χ1n) is 7.33. The molecule has 0 fully saturated rings. The van der Waals surface area contributed by atoms with Crippen molar-refractivity contribution in [3.8, 4) is 0 Å². The van der Waals surface area contributed by atoms with Gasteiger partial charge >= 0.3 is 0 Å². The molecule has 1 aromatic heterocycles. The molecule has 3 aromatic rings. The lowest BCUT2D eigenvalue weighted by atomic mass is 9.93. The molecule has 1 atom stereocenters. The molecule has 0 saturated carbocycles. The summed E-state index contributed by atoms with van der Waals surface area (Å²) < 4.78 is 1.37. The number of halogens is 1. The van der Waals surface area contributed by atoms with Crippen molar-refractivity contribution in [2.75, 3.05) is 5.88 Å². The van der Waals surface area contributed by atoms with Crippen LogP contribution in [0.3, 0.4) is 0 Å². The molecule has 0 aliphatic heterocycles. The lowest BCUT2D eigenvalue weighted by Crippen LogP contribution is -2.10. The van der Waals surface area contributed by atoms with Crippen LogP contribution in [-0.4, -0.2) is 5.88 Å². The Kier molecular flexibility index (Phi) is 4.62. The molecule has 0 aliphatic rings. The van der Waals surface area contributed by atoms with Crippen molar-refractivity contribution in [2.24, 2.45) is 5.92 Å². The van der Waals surface area contributed by atoms with Gasteiger partial charge in [0.25, 0.3) is 0 Å². The van der Waals surface area contributed by atoms with E-state index < -0.39 is 0 Å². The molecule has 0 saturated heterocycles. The fraction of sp³-hybridized carbons (Fsp3) is 0.263. The van der Waals surface area contributed by atoms with Crippen LogP contribution in [0.2, 0.25) is 0 Å². The second-order valence-electron chi connectivity index (χ2n) is 5.67. The van der Waals surface area contributed by atoms with Gasteiger partial charge in [0.2, 0.25) is 0 Å². The Morgan fingerprint density at radius 1 is 1.00 bits per heavy atom. The Morgan fingerprint density at radius 2 is 1.76 bits per heavy atom. The third-order valence-electron chi connectivity index (χ3n) is 3.93. The Hall–Kier alpha value is -1.31. The van der Waals surface area contributed by atoms with E-state index in [1.165, 1.54) is 26.8 Å². The quantitative estimate of drug-likeness (QED) is 0.518. The predicted octanol–water partition coefficient (Wildman–Crippen LogP) is 5.85. The summed E-state index contributed by atoms with van der Waals surface area (Å²) >= 11 is 8.05. The van der Waals surface area contributed by atoms with Crippen LogP contribution in [0.25, 0.3) is 10.1 Å². The minimum Gasteiger partial charge on any atom is -0.144 e. The molecule has 2 heteroatoms. The molecule has 0 bridgehead atoms. The van der Waals surface area contributed by atoms with Crippen LogP contribution >= 0.6 is 22.9 Å². The van der Waals surface area contributed by atoms with E-state index in [0.717, 1.165) is 12.8 Å². The molecule has 0 nitrogen and oxygen atoms in total. The lowest BCUT2D eigenvalue weighted by Gasteiger charge is -2.14. The smallest absolute Gasteiger partial charge is 0.0345 e. The van der Waals surface area contributed by atoms with E-state index in [1.54, 1.807) is 0 Å². The van der Waals surface area contributed by atoms with Gasteiger partial charge in [0.05, 0.1) is 0 Å². The maximum atomic E-state index is 6.22. The molecule has 108 valence electrons. The molecule has 0 aliphatic carbocycles. The third kappa shape index (κ3) is 3.48. The lowest BCUT2D eigenvalue weighted by molar-refractivity contribution is 0.587. The summed E-state index contributed by atoms with van der Waals surface area (Å²) in [6, 6.07) is 17.4. The van der Waals surface area contributed by atoms with Crippen molar-refractivity contribution in [3.63, 3.8) is 0 Å². The molecule has 3 rings (SSSR count). The predicted molar refractivity (Wildman–Crippen MR) is 94.6 cm³/mol. The van der Waals surface area contributed by atoms with Crippen molar-refractivity contribution in [1.29, 1.82) is 0 Å². The van der Waals surface area contributed by atoms with Crippen LogP contribution in [0.5, 0.6) is 0 Å². The van der Waals surface area contributed by atoms with Crippen molar-refractivity contribution in [2.45, 2.75) is 19.8 Å². The first kappa shape index (κ1) is 14.6. The maximum absolute atomic E-state index is 6.22. The van der Waals surface area contributed by atoms with Crippen molar-refractivity contribution in [1.82, 2.24) is 0 Å². The molecule has 2 aromatic carbocycles. The molecule has 0 spiro atoms. The molecule has 0 N–H and O–H groups in total. The third-order valence-corrected chi connectivity index (χ3v) is 5.38. The molecule has 21 heavy (non-hydrogen) atoms. The Labute approximate surface area is 135 Å². The fourth-order valence-electron chi connectivity index (χ4n) is 2.74. The van der Waals surface area contributed by atoms with Crippen LogP contribution in [0.4, 0.5) is 0 Å². The highest BCUT2D eigenvalue weighted by Gasteiger charge is 2.12. The number of aryl methyl sites for hydroxylation is 1. The van der Waals surface area contributed by atoms with Gasteiger partial charge < -0.3 is 0 Å². The van der Waals surface area contributed by atoms with Gasteiger partial charge in [0, 0.05) is 10.6 Å². The van der Waals surface area contributed by atoms with Crippen molar-refractivity contribution >= 4 is 33.0 Å². The molecule has 0 radical (unpaired) electrons. The number of hydrogen-bond acceptors (Lipinski definition) is 1. The Morgan fingerprint density at radius 3 is 2.52 bits per heavy atom. The zero-order chi connectivity index (χ0) is 14.7. The van der Waals surface area contributed by atoms with E-state index >= 15 is 0 Å². The van der Waals surface area contributed by atoms with Gasteiger partial charge in [-0.1, -0.05) is 48.0 Å². The Balaban J connectivity index is 1.76. The normalized spacial score (nSPS) is 12.7. The average molecular weight is 315 g/mol. The minimum atomic E-state index is 0.493. The zero-order valence-corrected chi connectivity index (χ0v) is 13.8. The summed E-state index contributed by atoms with van der Waals surface area (Å²) in [6.45, 7) is 2.13. The van der Waals surface area contributed by atoms with E-state index in [-0.39, 0.29) is 0 Å². The summed E-state index contributed by atoms with van der Waals surface area (Å²) in [5, 5.41) is 3.68. The van der Waals surface area contributed by atoms with E-state index in [4.69, 9.17) is 11.6 Å². The summed E-state index contributed by atoms with van der Waals surface area (Å²) in [4.78, 5) is 0. The SMILES string of the molecule is Cc1ccc(CC(CCl)Cc2csc3ccccc23)cc1. The number of fused-ring (bicyclic) bond motifs is 1. The van der Waals surface area contributed by atoms with Gasteiger partial charge in [0.1, 0.15) is 0 Å². The van der Waals surface area contributed by atoms with E-state index in [9.17, 15) is 0 Å². The van der Waals surface area contributed by atoms with E-state index in [1.807, 2.05) is 11.3 Å². The highest BCUT2D eigenvalue weighted by atomic mass is 35.5. The second-order valence-corrected chi connectivity index (χ2v) is 6.89. The number of thiophene rings is 1. The van der Waals surface area contributed by atoms with Crippen LogP contribution in [0, 0.1) is 12.8 Å². The largest absolute Gasteiger partial charge is 0.144 e. The van der Waals surface area contributed by atoms with Crippen LogP contribution in [-0.2, 0) is 12.8 Å². The average Bonchev–Trinajstić information content (AvgIpc) is 2.92. The van der Waals surface area contributed by atoms with Crippen LogP contribution in [0.15, 0.2) is 53.9 Å². The van der Waals surface area contributed by atoms with Gasteiger partial charge in [-0.05, 0) is 53.6 Å². The first-order valence-corrected chi connectivity index (χ1v) is 8.74. The van der Waals surface area contributed by atoms with Crippen molar-refractivity contribution < 1.29 is 0 Å². The van der Waals surface area contributed by atoms with Crippen molar-refractivity contribution in [3.05, 3.63) is 70.6 Å². The fourth-order valence-corrected chi connectivity index (χ4v) is 3.93. The molecule has 0 amide bonds. The van der Waals surface area contributed by atoms with Gasteiger partial charge in [0.15, 0.2) is 0 Å².